The van der Waals surface area contributed by atoms with Crippen LogP contribution in [-0.2, 0) is 16.0 Å². The fraction of sp³-hybridized carbons (Fsp3) is 0.471. The van der Waals surface area contributed by atoms with E-state index in [4.69, 9.17) is 0 Å². The van der Waals surface area contributed by atoms with Crippen molar-refractivity contribution in [2.24, 2.45) is 0 Å². The first-order chi connectivity index (χ1) is 11.0. The van der Waals surface area contributed by atoms with E-state index in [1.165, 1.54) is 11.1 Å². The van der Waals surface area contributed by atoms with Gasteiger partial charge in [-0.2, -0.15) is 0 Å². The Labute approximate surface area is 136 Å². The number of nitrogens with one attached hydrogen (secondary N) is 2. The second-order valence-electron chi connectivity index (χ2n) is 5.74. The van der Waals surface area contributed by atoms with Gasteiger partial charge in [0.15, 0.2) is 0 Å². The largest absolute Gasteiger partial charge is 0.354 e. The predicted molar refractivity (Wildman–Crippen MR) is 86.8 cm³/mol. The van der Waals surface area contributed by atoms with E-state index in [1.54, 1.807) is 0 Å². The molecule has 1 aliphatic heterocycles. The fourth-order valence-corrected chi connectivity index (χ4v) is 2.64. The SMILES string of the molecule is CCC[C@H]1NC(=O)N(CC(=O)NCCc2ccccc2C)C1=O. The average Bonchev–Trinajstić information content (AvgIpc) is 2.77. The summed E-state index contributed by atoms with van der Waals surface area (Å²) in [5.41, 5.74) is 2.35. The molecular formula is C17H23N3O3. The first-order valence-corrected chi connectivity index (χ1v) is 7.96. The van der Waals surface area contributed by atoms with Crippen LogP contribution >= 0.6 is 0 Å². The van der Waals surface area contributed by atoms with Crippen LogP contribution in [-0.4, -0.2) is 41.9 Å². The average molecular weight is 317 g/mol. The summed E-state index contributed by atoms with van der Waals surface area (Å²) in [6, 6.07) is 7.01. The van der Waals surface area contributed by atoms with Gasteiger partial charge in [-0.3, -0.25) is 14.5 Å². The van der Waals surface area contributed by atoms with Gasteiger partial charge in [-0.15, -0.1) is 0 Å². The van der Waals surface area contributed by atoms with Crippen LogP contribution in [0.1, 0.15) is 30.9 Å². The highest BCUT2D eigenvalue weighted by Crippen LogP contribution is 2.10. The van der Waals surface area contributed by atoms with Gasteiger partial charge in [0.1, 0.15) is 12.6 Å². The van der Waals surface area contributed by atoms with Gasteiger partial charge >= 0.3 is 6.03 Å². The van der Waals surface area contributed by atoms with Crippen molar-refractivity contribution in [2.45, 2.75) is 39.2 Å². The van der Waals surface area contributed by atoms with Crippen molar-refractivity contribution in [3.63, 3.8) is 0 Å². The lowest BCUT2D eigenvalue weighted by atomic mass is 10.1. The van der Waals surface area contributed by atoms with E-state index in [1.807, 2.05) is 38.1 Å². The van der Waals surface area contributed by atoms with Crippen LogP contribution in [0, 0.1) is 6.92 Å². The summed E-state index contributed by atoms with van der Waals surface area (Å²) in [5.74, 6) is -0.634. The van der Waals surface area contributed by atoms with Crippen molar-refractivity contribution in [1.82, 2.24) is 15.5 Å². The fourth-order valence-electron chi connectivity index (χ4n) is 2.64. The van der Waals surface area contributed by atoms with Crippen LogP contribution in [0.25, 0.3) is 0 Å². The van der Waals surface area contributed by atoms with Crippen molar-refractivity contribution in [1.29, 1.82) is 0 Å². The third-order valence-corrected chi connectivity index (χ3v) is 3.96. The van der Waals surface area contributed by atoms with E-state index in [-0.39, 0.29) is 18.4 Å². The van der Waals surface area contributed by atoms with Gasteiger partial charge in [-0.25, -0.2) is 4.79 Å². The number of urea groups is 1. The summed E-state index contributed by atoms with van der Waals surface area (Å²) in [7, 11) is 0. The summed E-state index contributed by atoms with van der Waals surface area (Å²) in [6.45, 7) is 4.23. The molecule has 0 spiro atoms. The lowest BCUT2D eigenvalue weighted by Crippen LogP contribution is -2.41. The molecule has 0 unspecified atom stereocenters. The topological polar surface area (TPSA) is 78.5 Å². The molecule has 6 nitrogen and oxygen atoms in total. The molecule has 0 saturated carbocycles. The van der Waals surface area contributed by atoms with Gasteiger partial charge in [0.2, 0.25) is 5.91 Å². The molecule has 1 aromatic carbocycles. The van der Waals surface area contributed by atoms with Crippen LogP contribution in [0.3, 0.4) is 0 Å². The molecular weight excluding hydrogens is 294 g/mol. The van der Waals surface area contributed by atoms with Gasteiger partial charge < -0.3 is 10.6 Å². The van der Waals surface area contributed by atoms with Crippen molar-refractivity contribution >= 4 is 17.8 Å². The zero-order chi connectivity index (χ0) is 16.8. The number of hydrogen-bond acceptors (Lipinski definition) is 3. The van der Waals surface area contributed by atoms with E-state index in [2.05, 4.69) is 10.6 Å². The first kappa shape index (κ1) is 17.0. The maximum atomic E-state index is 12.0. The number of hydrogen-bond donors (Lipinski definition) is 2. The van der Waals surface area contributed by atoms with Gasteiger partial charge in [-0.05, 0) is 30.9 Å². The third kappa shape index (κ3) is 4.31. The number of amides is 4. The normalized spacial score (nSPS) is 17.3. The van der Waals surface area contributed by atoms with Crippen molar-refractivity contribution in [2.75, 3.05) is 13.1 Å². The molecule has 1 heterocycles. The maximum Gasteiger partial charge on any atom is 0.325 e. The highest BCUT2D eigenvalue weighted by Gasteiger charge is 2.38. The minimum absolute atomic E-state index is 0.224. The van der Waals surface area contributed by atoms with Crippen molar-refractivity contribution in [3.05, 3.63) is 35.4 Å². The highest BCUT2D eigenvalue weighted by atomic mass is 16.2. The van der Waals surface area contributed by atoms with Crippen LogP contribution in [0.4, 0.5) is 4.79 Å². The molecule has 124 valence electrons. The van der Waals surface area contributed by atoms with Gasteiger partial charge in [-0.1, -0.05) is 37.6 Å². The number of imide groups is 1. The second-order valence-corrected chi connectivity index (χ2v) is 5.74. The van der Waals surface area contributed by atoms with E-state index >= 15 is 0 Å². The Bertz CT molecular complexity index is 601. The quantitative estimate of drug-likeness (QED) is 0.746. The van der Waals surface area contributed by atoms with Gasteiger partial charge in [0, 0.05) is 6.54 Å². The number of nitrogens with zero attached hydrogens (tertiary/aromatic N) is 1. The Morgan fingerprint density at radius 2 is 2.04 bits per heavy atom. The number of rotatable bonds is 7. The Hall–Kier alpha value is -2.37. The van der Waals surface area contributed by atoms with Crippen LogP contribution in [0.2, 0.25) is 0 Å². The Balaban J connectivity index is 1.80. The molecule has 0 aliphatic carbocycles. The van der Waals surface area contributed by atoms with E-state index in [9.17, 15) is 14.4 Å². The van der Waals surface area contributed by atoms with Crippen LogP contribution < -0.4 is 10.6 Å². The van der Waals surface area contributed by atoms with Crippen molar-refractivity contribution in [3.8, 4) is 0 Å². The molecule has 1 aliphatic rings. The predicted octanol–water partition coefficient (Wildman–Crippen LogP) is 1.37. The summed E-state index contributed by atoms with van der Waals surface area (Å²) < 4.78 is 0. The standard InChI is InChI=1S/C17H23N3O3/c1-3-6-14-16(22)20(17(23)19-14)11-15(21)18-10-9-13-8-5-4-7-12(13)2/h4-5,7-8,14H,3,6,9-11H2,1-2H3,(H,18,21)(H,19,23)/t14-/m1/s1. The molecule has 1 saturated heterocycles. The minimum Gasteiger partial charge on any atom is -0.354 e. The smallest absolute Gasteiger partial charge is 0.325 e. The Kier molecular flexibility index (Phi) is 5.73. The second kappa shape index (κ2) is 7.76. The Morgan fingerprint density at radius 3 is 2.74 bits per heavy atom. The molecule has 1 aromatic rings. The molecule has 23 heavy (non-hydrogen) atoms. The number of carbonyl (C=O) groups excluding carboxylic acids is 3. The first-order valence-electron chi connectivity index (χ1n) is 7.96. The third-order valence-electron chi connectivity index (χ3n) is 3.96. The summed E-state index contributed by atoms with van der Waals surface area (Å²) in [5, 5.41) is 5.37. The highest BCUT2D eigenvalue weighted by molar-refractivity contribution is 6.06. The summed E-state index contributed by atoms with van der Waals surface area (Å²) in [6.07, 6.45) is 2.11. The lowest BCUT2D eigenvalue weighted by molar-refractivity contribution is -0.132. The molecule has 0 bridgehead atoms. The summed E-state index contributed by atoms with van der Waals surface area (Å²) >= 11 is 0. The van der Waals surface area contributed by atoms with E-state index in [0.717, 1.165) is 17.7 Å². The van der Waals surface area contributed by atoms with Gasteiger partial charge in [0.05, 0.1) is 0 Å². The molecule has 2 N–H and O–H groups in total. The van der Waals surface area contributed by atoms with E-state index in [0.29, 0.717) is 13.0 Å². The minimum atomic E-state index is -0.493. The molecule has 0 radical (unpaired) electrons. The molecule has 6 heteroatoms. The zero-order valence-electron chi connectivity index (χ0n) is 13.6. The molecule has 1 fully saturated rings. The maximum absolute atomic E-state index is 12.0. The number of aryl methyl sites for hydroxylation is 1. The molecule has 0 aromatic heterocycles. The Morgan fingerprint density at radius 1 is 1.30 bits per heavy atom. The number of benzene rings is 1. The van der Waals surface area contributed by atoms with Crippen LogP contribution in [0.5, 0.6) is 0 Å². The van der Waals surface area contributed by atoms with Crippen LogP contribution in [0.15, 0.2) is 24.3 Å². The molecule has 4 amide bonds. The van der Waals surface area contributed by atoms with E-state index < -0.39 is 12.1 Å². The monoisotopic (exact) mass is 317 g/mol. The zero-order valence-corrected chi connectivity index (χ0v) is 13.6. The van der Waals surface area contributed by atoms with Gasteiger partial charge in [0.25, 0.3) is 5.91 Å². The lowest BCUT2D eigenvalue weighted by Gasteiger charge is -2.13. The summed E-state index contributed by atoms with van der Waals surface area (Å²) in [4.78, 5) is 36.7. The number of carbonyl (C=O) groups is 3. The molecule has 1 atom stereocenters. The van der Waals surface area contributed by atoms with Crippen molar-refractivity contribution < 1.29 is 14.4 Å². The molecule has 2 rings (SSSR count).